The largest absolute Gasteiger partial charge is 0.489 e. The molecule has 3 aliphatic rings. The lowest BCUT2D eigenvalue weighted by atomic mass is 10.1. The van der Waals surface area contributed by atoms with Crippen molar-refractivity contribution in [1.29, 1.82) is 0 Å². The Labute approximate surface area is 152 Å². The van der Waals surface area contributed by atoms with E-state index in [9.17, 15) is 4.79 Å². The number of rotatable bonds is 4. The van der Waals surface area contributed by atoms with Crippen LogP contribution >= 0.6 is 0 Å². The number of hydrogen-bond donors (Lipinski definition) is 2. The van der Waals surface area contributed by atoms with Gasteiger partial charge in [-0.2, -0.15) is 0 Å². The number of nitrogens with one attached hydrogen (secondary N) is 2. The maximum Gasteiger partial charge on any atom is 0.194 e. The van der Waals surface area contributed by atoms with Gasteiger partial charge in [-0.1, -0.05) is 0 Å². The third kappa shape index (κ3) is 2.77. The van der Waals surface area contributed by atoms with Crippen LogP contribution in [0.25, 0.3) is 11.1 Å². The average Bonchev–Trinajstić information content (AvgIpc) is 3.39. The molecule has 2 N–H and O–H groups in total. The second-order valence-electron chi connectivity index (χ2n) is 7.21. The summed E-state index contributed by atoms with van der Waals surface area (Å²) >= 11 is 0. The lowest BCUT2D eigenvalue weighted by Crippen LogP contribution is -2.19. The molecule has 26 heavy (non-hydrogen) atoms. The molecule has 0 unspecified atom stereocenters. The molecule has 1 aliphatic carbocycles. The maximum atomic E-state index is 12.9. The summed E-state index contributed by atoms with van der Waals surface area (Å²) in [5.74, 6) is 1.60. The first-order valence-corrected chi connectivity index (χ1v) is 9.36. The smallest absolute Gasteiger partial charge is 0.194 e. The fourth-order valence-electron chi connectivity index (χ4n) is 4.03. The summed E-state index contributed by atoms with van der Waals surface area (Å²) in [5.41, 5.74) is 3.42. The van der Waals surface area contributed by atoms with E-state index in [4.69, 9.17) is 9.47 Å². The van der Waals surface area contributed by atoms with Crippen LogP contribution in [0.3, 0.4) is 0 Å². The SMILES string of the molecule is O=C1c2cc(O[C@@H]3CCNC3)ccc2-c2ccc(O[C@@H]3CCNC3)cc21. The van der Waals surface area contributed by atoms with Crippen molar-refractivity contribution in [3.63, 3.8) is 0 Å². The fourth-order valence-corrected chi connectivity index (χ4v) is 4.03. The minimum atomic E-state index is 0.0555. The minimum Gasteiger partial charge on any atom is -0.489 e. The molecular formula is C21H22N2O3. The molecule has 2 aromatic carbocycles. The van der Waals surface area contributed by atoms with Crippen LogP contribution in [0.15, 0.2) is 36.4 Å². The van der Waals surface area contributed by atoms with Gasteiger partial charge >= 0.3 is 0 Å². The van der Waals surface area contributed by atoms with Crippen molar-refractivity contribution in [1.82, 2.24) is 10.6 Å². The zero-order valence-electron chi connectivity index (χ0n) is 14.6. The van der Waals surface area contributed by atoms with Gasteiger partial charge in [0, 0.05) is 24.2 Å². The molecule has 0 radical (unpaired) electrons. The molecule has 5 rings (SSSR count). The first kappa shape index (κ1) is 15.9. The zero-order chi connectivity index (χ0) is 17.5. The molecule has 0 aromatic heterocycles. The van der Waals surface area contributed by atoms with Crippen LogP contribution in [0.5, 0.6) is 11.5 Å². The van der Waals surface area contributed by atoms with Gasteiger partial charge in [0.1, 0.15) is 23.7 Å². The summed E-state index contributed by atoms with van der Waals surface area (Å²) in [7, 11) is 0. The molecule has 0 saturated carbocycles. The molecule has 2 fully saturated rings. The molecule has 0 amide bonds. The van der Waals surface area contributed by atoms with Crippen molar-refractivity contribution in [3.05, 3.63) is 47.5 Å². The molecule has 2 heterocycles. The molecule has 0 spiro atoms. The number of hydrogen-bond acceptors (Lipinski definition) is 5. The molecule has 5 heteroatoms. The van der Waals surface area contributed by atoms with E-state index in [2.05, 4.69) is 10.6 Å². The second kappa shape index (κ2) is 6.41. The Morgan fingerprint density at radius 3 is 1.65 bits per heavy atom. The Morgan fingerprint density at radius 1 is 0.731 bits per heavy atom. The van der Waals surface area contributed by atoms with E-state index in [1.165, 1.54) is 0 Å². The highest BCUT2D eigenvalue weighted by atomic mass is 16.5. The number of carbonyl (C=O) groups is 1. The number of ether oxygens (including phenoxy) is 2. The van der Waals surface area contributed by atoms with Crippen molar-refractivity contribution >= 4 is 5.78 Å². The predicted molar refractivity (Wildman–Crippen MR) is 99.1 cm³/mol. The van der Waals surface area contributed by atoms with Crippen molar-refractivity contribution in [2.45, 2.75) is 25.0 Å². The van der Waals surface area contributed by atoms with Crippen LogP contribution in [0, 0.1) is 0 Å². The van der Waals surface area contributed by atoms with Gasteiger partial charge in [0.2, 0.25) is 0 Å². The summed E-state index contributed by atoms with van der Waals surface area (Å²) < 4.78 is 12.0. The topological polar surface area (TPSA) is 59.6 Å². The third-order valence-electron chi connectivity index (χ3n) is 5.40. The van der Waals surface area contributed by atoms with E-state index in [0.29, 0.717) is 0 Å². The van der Waals surface area contributed by atoms with Crippen LogP contribution in [-0.2, 0) is 0 Å². The molecule has 2 saturated heterocycles. The summed E-state index contributed by atoms with van der Waals surface area (Å²) in [6.45, 7) is 3.70. The Kier molecular flexibility index (Phi) is 3.91. The van der Waals surface area contributed by atoms with Crippen LogP contribution in [0.2, 0.25) is 0 Å². The second-order valence-corrected chi connectivity index (χ2v) is 7.21. The summed E-state index contributed by atoms with van der Waals surface area (Å²) in [6.07, 6.45) is 2.38. The van der Waals surface area contributed by atoms with Crippen LogP contribution in [0.1, 0.15) is 28.8 Å². The van der Waals surface area contributed by atoms with E-state index >= 15 is 0 Å². The Hall–Kier alpha value is -2.37. The van der Waals surface area contributed by atoms with Crippen molar-refractivity contribution in [2.24, 2.45) is 0 Å². The lowest BCUT2D eigenvalue weighted by Gasteiger charge is -2.13. The molecule has 0 bridgehead atoms. The lowest BCUT2D eigenvalue weighted by molar-refractivity contribution is 0.104. The van der Waals surface area contributed by atoms with Crippen molar-refractivity contribution in [3.8, 4) is 22.6 Å². The average molecular weight is 350 g/mol. The monoisotopic (exact) mass is 350 g/mol. The van der Waals surface area contributed by atoms with E-state index in [1.54, 1.807) is 0 Å². The third-order valence-corrected chi connectivity index (χ3v) is 5.40. The summed E-state index contributed by atoms with van der Waals surface area (Å²) in [6, 6.07) is 11.7. The van der Waals surface area contributed by atoms with Gasteiger partial charge in [0.05, 0.1) is 0 Å². The van der Waals surface area contributed by atoms with E-state index in [0.717, 1.165) is 72.8 Å². The van der Waals surface area contributed by atoms with E-state index in [1.807, 2.05) is 36.4 Å². The maximum absolute atomic E-state index is 12.9. The van der Waals surface area contributed by atoms with Crippen molar-refractivity contribution in [2.75, 3.05) is 26.2 Å². The quantitative estimate of drug-likeness (QED) is 0.757. The first-order valence-electron chi connectivity index (χ1n) is 9.36. The number of carbonyl (C=O) groups excluding carboxylic acids is 1. The van der Waals surface area contributed by atoms with Gasteiger partial charge in [-0.15, -0.1) is 0 Å². The summed E-state index contributed by atoms with van der Waals surface area (Å²) in [5, 5.41) is 6.59. The highest BCUT2D eigenvalue weighted by molar-refractivity contribution is 6.22. The van der Waals surface area contributed by atoms with Gasteiger partial charge in [-0.3, -0.25) is 4.79 Å². The molecule has 5 nitrogen and oxygen atoms in total. The van der Waals surface area contributed by atoms with Crippen LogP contribution in [0.4, 0.5) is 0 Å². The van der Waals surface area contributed by atoms with Crippen molar-refractivity contribution < 1.29 is 14.3 Å². The highest BCUT2D eigenvalue weighted by Crippen LogP contribution is 2.40. The molecule has 2 aromatic rings. The fraction of sp³-hybridized carbons (Fsp3) is 0.381. The van der Waals surface area contributed by atoms with Crippen LogP contribution < -0.4 is 20.1 Å². The first-order chi connectivity index (χ1) is 12.8. The summed E-state index contributed by atoms with van der Waals surface area (Å²) in [4.78, 5) is 12.9. The van der Waals surface area contributed by atoms with Gasteiger partial charge in [-0.25, -0.2) is 0 Å². The Bertz CT molecular complexity index is 783. The van der Waals surface area contributed by atoms with Gasteiger partial charge in [-0.05, 0) is 73.5 Å². The predicted octanol–water partition coefficient (Wildman–Crippen LogP) is 2.38. The minimum absolute atomic E-state index is 0.0555. The number of benzene rings is 2. The van der Waals surface area contributed by atoms with Gasteiger partial charge < -0.3 is 20.1 Å². The zero-order valence-corrected chi connectivity index (χ0v) is 14.6. The van der Waals surface area contributed by atoms with E-state index in [-0.39, 0.29) is 18.0 Å². The molecule has 2 aliphatic heterocycles. The standard InChI is InChI=1S/C21H22N2O3/c24-21-19-9-13(25-15-5-7-22-11-15)1-3-17(19)18-4-2-14(10-20(18)21)26-16-6-8-23-12-16/h1-4,9-10,15-16,22-23H,5-8,11-12H2/t15-,16-/m1/s1. The number of ketones is 1. The number of fused-ring (bicyclic) bond motifs is 3. The normalized spacial score (nSPS) is 23.8. The highest BCUT2D eigenvalue weighted by Gasteiger charge is 2.28. The Balaban J connectivity index is 1.40. The van der Waals surface area contributed by atoms with Crippen LogP contribution in [-0.4, -0.2) is 44.2 Å². The molecular weight excluding hydrogens is 328 g/mol. The van der Waals surface area contributed by atoms with Gasteiger partial charge in [0.25, 0.3) is 0 Å². The Morgan fingerprint density at radius 2 is 1.23 bits per heavy atom. The molecule has 2 atom stereocenters. The molecule has 134 valence electrons. The van der Waals surface area contributed by atoms with E-state index < -0.39 is 0 Å². The van der Waals surface area contributed by atoms with Gasteiger partial charge in [0.15, 0.2) is 5.78 Å².